The van der Waals surface area contributed by atoms with Gasteiger partial charge in [0, 0.05) is 29.2 Å². The molecule has 1 aliphatic heterocycles. The largest absolute Gasteiger partial charge is 0.481 e. The first kappa shape index (κ1) is 22.3. The Bertz CT molecular complexity index is 1000. The van der Waals surface area contributed by atoms with Crippen LogP contribution in [0.3, 0.4) is 0 Å². The van der Waals surface area contributed by atoms with Crippen LogP contribution in [-0.4, -0.2) is 28.0 Å². The highest BCUT2D eigenvalue weighted by Crippen LogP contribution is 2.65. The van der Waals surface area contributed by atoms with E-state index in [1.165, 1.54) is 5.57 Å². The van der Waals surface area contributed by atoms with Crippen LogP contribution in [-0.2, 0) is 6.42 Å². The average Bonchev–Trinajstić information content (AvgIpc) is 3.05. The summed E-state index contributed by atoms with van der Waals surface area (Å²) in [6.07, 6.45) is 6.37. The second-order valence-electron chi connectivity index (χ2n) is 10.7. The SMILES string of the molecule is CC(C)=CCC[C@]1(C)[C@H]2[C@H](O)C=C(C)[C@@]3(Cc4c(cc(C)oc4=O)O3)[C@]2(C)CC[C@@H]1O. The minimum atomic E-state index is -0.723. The molecule has 0 unspecified atom stereocenters. The maximum Gasteiger partial charge on any atom is 0.343 e. The van der Waals surface area contributed by atoms with Gasteiger partial charge in [0.1, 0.15) is 17.1 Å². The zero-order chi connectivity index (χ0) is 22.8. The predicted octanol–water partition coefficient (Wildman–Crippen LogP) is 4.47. The van der Waals surface area contributed by atoms with Gasteiger partial charge in [-0.25, -0.2) is 4.79 Å². The number of ether oxygens (including phenoxy) is 1. The Morgan fingerprint density at radius 2 is 1.97 bits per heavy atom. The molecule has 0 radical (unpaired) electrons. The van der Waals surface area contributed by atoms with Crippen molar-refractivity contribution in [2.24, 2.45) is 16.7 Å². The highest BCUT2D eigenvalue weighted by atomic mass is 16.5. The van der Waals surface area contributed by atoms with Gasteiger partial charge >= 0.3 is 5.63 Å². The highest BCUT2D eigenvalue weighted by Gasteiger charge is 2.68. The van der Waals surface area contributed by atoms with Crippen LogP contribution in [0, 0.1) is 23.7 Å². The van der Waals surface area contributed by atoms with Crippen molar-refractivity contribution < 1.29 is 19.4 Å². The summed E-state index contributed by atoms with van der Waals surface area (Å²) in [6.45, 7) is 12.2. The van der Waals surface area contributed by atoms with Crippen LogP contribution in [0.1, 0.15) is 71.6 Å². The van der Waals surface area contributed by atoms with Crippen LogP contribution in [0.15, 0.2) is 38.6 Å². The number of hydrogen-bond acceptors (Lipinski definition) is 5. The summed E-state index contributed by atoms with van der Waals surface area (Å²) in [5.74, 6) is 0.932. The zero-order valence-corrected chi connectivity index (χ0v) is 19.6. The normalized spacial score (nSPS) is 38.8. The lowest BCUT2D eigenvalue weighted by Crippen LogP contribution is -2.67. The summed E-state index contributed by atoms with van der Waals surface area (Å²) in [7, 11) is 0. The maximum absolute atomic E-state index is 12.6. The van der Waals surface area contributed by atoms with Gasteiger partial charge in [-0.15, -0.1) is 0 Å². The number of aliphatic hydroxyl groups is 2. The molecule has 1 spiro atoms. The molecule has 1 aromatic rings. The van der Waals surface area contributed by atoms with Crippen molar-refractivity contribution in [2.75, 3.05) is 0 Å². The molecular formula is C26H36O5. The van der Waals surface area contributed by atoms with Crippen LogP contribution < -0.4 is 10.4 Å². The molecule has 0 bridgehead atoms. The number of hydrogen-bond donors (Lipinski definition) is 2. The third-order valence-corrected chi connectivity index (χ3v) is 8.49. The first-order valence-electron chi connectivity index (χ1n) is 11.5. The molecular weight excluding hydrogens is 392 g/mol. The number of aryl methyl sites for hydroxylation is 1. The molecule has 31 heavy (non-hydrogen) atoms. The minimum Gasteiger partial charge on any atom is -0.481 e. The predicted molar refractivity (Wildman–Crippen MR) is 120 cm³/mol. The first-order chi connectivity index (χ1) is 14.4. The quantitative estimate of drug-likeness (QED) is 0.694. The number of allylic oxidation sites excluding steroid dienone is 2. The van der Waals surface area contributed by atoms with Gasteiger partial charge in [-0.2, -0.15) is 0 Å². The molecule has 0 amide bonds. The Balaban J connectivity index is 1.82. The lowest BCUT2D eigenvalue weighted by atomic mass is 9.44. The van der Waals surface area contributed by atoms with Crippen LogP contribution in [0.4, 0.5) is 0 Å². The van der Waals surface area contributed by atoms with E-state index in [0.29, 0.717) is 29.9 Å². The van der Waals surface area contributed by atoms with Gasteiger partial charge in [0.05, 0.1) is 17.8 Å². The van der Waals surface area contributed by atoms with Crippen molar-refractivity contribution in [1.29, 1.82) is 0 Å². The van der Waals surface area contributed by atoms with Crippen molar-refractivity contribution in [3.05, 3.63) is 51.1 Å². The van der Waals surface area contributed by atoms with Crippen molar-refractivity contribution in [3.63, 3.8) is 0 Å². The molecule has 0 saturated heterocycles. The average molecular weight is 429 g/mol. The second kappa shape index (κ2) is 7.35. The Hall–Kier alpha value is -1.85. The summed E-state index contributed by atoms with van der Waals surface area (Å²) in [5.41, 5.74) is 0.810. The Labute approximate surface area is 184 Å². The minimum absolute atomic E-state index is 0.194. The van der Waals surface area contributed by atoms with Gasteiger partial charge in [0.15, 0.2) is 0 Å². The molecule has 3 aliphatic rings. The van der Waals surface area contributed by atoms with Gasteiger partial charge in [-0.3, -0.25) is 0 Å². The molecule has 5 heteroatoms. The number of rotatable bonds is 3. The van der Waals surface area contributed by atoms with E-state index < -0.39 is 28.6 Å². The molecule has 5 nitrogen and oxygen atoms in total. The third kappa shape index (κ3) is 3.15. The Morgan fingerprint density at radius 1 is 1.26 bits per heavy atom. The van der Waals surface area contributed by atoms with Crippen LogP contribution >= 0.6 is 0 Å². The van der Waals surface area contributed by atoms with Crippen LogP contribution in [0.5, 0.6) is 5.75 Å². The summed E-state index contributed by atoms with van der Waals surface area (Å²) in [4.78, 5) is 12.6. The third-order valence-electron chi connectivity index (χ3n) is 8.49. The van der Waals surface area contributed by atoms with E-state index in [2.05, 4.69) is 33.8 Å². The maximum atomic E-state index is 12.6. The molecule has 2 N–H and O–H groups in total. The summed E-state index contributed by atoms with van der Waals surface area (Å²) in [5, 5.41) is 22.5. The van der Waals surface area contributed by atoms with Crippen LogP contribution in [0.2, 0.25) is 0 Å². The smallest absolute Gasteiger partial charge is 0.343 e. The van der Waals surface area contributed by atoms with E-state index >= 15 is 0 Å². The van der Waals surface area contributed by atoms with E-state index in [9.17, 15) is 15.0 Å². The Kier molecular flexibility index (Phi) is 5.30. The van der Waals surface area contributed by atoms with Crippen molar-refractivity contribution in [2.45, 2.75) is 91.5 Å². The van der Waals surface area contributed by atoms with Crippen molar-refractivity contribution in [1.82, 2.24) is 0 Å². The van der Waals surface area contributed by atoms with E-state index in [-0.39, 0.29) is 11.5 Å². The topological polar surface area (TPSA) is 79.9 Å². The van der Waals surface area contributed by atoms with Gasteiger partial charge in [-0.05, 0) is 59.0 Å². The van der Waals surface area contributed by atoms with Crippen molar-refractivity contribution >= 4 is 0 Å². The monoisotopic (exact) mass is 428 g/mol. The fraction of sp³-hybridized carbons (Fsp3) is 0.654. The molecule has 1 saturated carbocycles. The van der Waals surface area contributed by atoms with Crippen molar-refractivity contribution in [3.8, 4) is 5.75 Å². The molecule has 6 atom stereocenters. The molecule has 2 aliphatic carbocycles. The van der Waals surface area contributed by atoms with E-state index in [0.717, 1.165) is 24.8 Å². The molecule has 170 valence electrons. The van der Waals surface area contributed by atoms with Gasteiger partial charge in [0.25, 0.3) is 0 Å². The fourth-order valence-electron chi connectivity index (χ4n) is 6.88. The van der Waals surface area contributed by atoms with Gasteiger partial charge in [-0.1, -0.05) is 31.6 Å². The molecule has 2 heterocycles. The second-order valence-corrected chi connectivity index (χ2v) is 10.7. The summed E-state index contributed by atoms with van der Waals surface area (Å²) >= 11 is 0. The highest BCUT2D eigenvalue weighted by molar-refractivity contribution is 5.45. The zero-order valence-electron chi connectivity index (χ0n) is 19.6. The van der Waals surface area contributed by atoms with Gasteiger partial charge < -0.3 is 19.4 Å². The lowest BCUT2D eigenvalue weighted by Gasteiger charge is -2.63. The molecule has 4 rings (SSSR count). The lowest BCUT2D eigenvalue weighted by molar-refractivity contribution is -0.197. The number of aliphatic hydroxyl groups excluding tert-OH is 2. The van der Waals surface area contributed by atoms with Gasteiger partial charge in [0.2, 0.25) is 0 Å². The molecule has 1 fully saturated rings. The molecule has 1 aromatic heterocycles. The van der Waals surface area contributed by atoms with E-state index in [1.54, 1.807) is 13.0 Å². The first-order valence-corrected chi connectivity index (χ1v) is 11.5. The summed E-state index contributed by atoms with van der Waals surface area (Å²) < 4.78 is 12.0. The fourth-order valence-corrected chi connectivity index (χ4v) is 6.88. The van der Waals surface area contributed by atoms with E-state index in [1.807, 2.05) is 13.0 Å². The van der Waals surface area contributed by atoms with Crippen LogP contribution in [0.25, 0.3) is 0 Å². The molecule has 0 aromatic carbocycles. The van der Waals surface area contributed by atoms with E-state index in [4.69, 9.17) is 9.15 Å². The summed E-state index contributed by atoms with van der Waals surface area (Å²) in [6, 6.07) is 1.80. The standard InChI is InChI=1S/C26H36O5/c1-15(2)8-7-10-24(5)21(28)9-11-25(6)22(24)19(27)12-16(3)26(25)14-18-20(31-26)13-17(4)30-23(18)29/h8,12-13,19,21-22,27-28H,7,9-11,14H2,1-6H3/t19-,21+,22-,24+,25-,26+/m1/s1. The Morgan fingerprint density at radius 3 is 2.65 bits per heavy atom. The number of fused-ring (bicyclic) bond motifs is 3.